The van der Waals surface area contributed by atoms with Crippen molar-refractivity contribution in [1.29, 1.82) is 0 Å². The van der Waals surface area contributed by atoms with E-state index in [1.165, 1.54) is 0 Å². The van der Waals surface area contributed by atoms with Crippen molar-refractivity contribution < 1.29 is 19.3 Å². The molecule has 0 amide bonds. The van der Waals surface area contributed by atoms with Gasteiger partial charge in [-0.3, -0.25) is 4.90 Å². The van der Waals surface area contributed by atoms with Gasteiger partial charge in [0.1, 0.15) is 5.82 Å². The molecule has 4 nitrogen and oxygen atoms in total. The monoisotopic (exact) mass is 415 g/mol. The van der Waals surface area contributed by atoms with E-state index in [0.29, 0.717) is 24.6 Å². The summed E-state index contributed by atoms with van der Waals surface area (Å²) in [6, 6.07) is 13.7. The Balaban J connectivity index is 1.51. The number of β-amino-alcohol motifs (C(OH)–C–C–N with tert-alkyl or cyclic N) is 1. The highest BCUT2D eigenvalue weighted by atomic mass is 19.1. The molecule has 5 heteroatoms. The van der Waals surface area contributed by atoms with Gasteiger partial charge in [0, 0.05) is 19.2 Å². The summed E-state index contributed by atoms with van der Waals surface area (Å²) in [6.45, 7) is 5.63. The number of halogens is 1. The first-order valence-corrected chi connectivity index (χ1v) is 10.9. The van der Waals surface area contributed by atoms with Crippen molar-refractivity contribution in [3.63, 3.8) is 0 Å². The van der Waals surface area contributed by atoms with Crippen LogP contribution in [0.1, 0.15) is 48.1 Å². The highest BCUT2D eigenvalue weighted by Crippen LogP contribution is 2.24. The first-order valence-electron chi connectivity index (χ1n) is 10.9. The second kappa shape index (κ2) is 11.0. The summed E-state index contributed by atoms with van der Waals surface area (Å²) in [5.74, 6) is -0.152. The van der Waals surface area contributed by atoms with E-state index in [0.717, 1.165) is 42.5 Å². The van der Waals surface area contributed by atoms with Crippen LogP contribution >= 0.6 is 0 Å². The van der Waals surface area contributed by atoms with E-state index >= 15 is 0 Å². The molecule has 1 unspecified atom stereocenters. The molecule has 164 valence electrons. The molecule has 1 heterocycles. The maximum Gasteiger partial charge on any atom is 0.126 e. The lowest BCUT2D eigenvalue weighted by molar-refractivity contribution is -0.0174. The number of likely N-dealkylation sites (tertiary alicyclic amines) is 1. The molecular formula is C25H34FNO3. The SMILES string of the molecule is Cc1ccc(C[C@@H]2CCCN2CC(O)CO[C@H](C)c2ccccc2CCO)cc1F. The normalized spacial score (nSPS) is 19.2. The molecule has 0 aliphatic carbocycles. The molecule has 0 bridgehead atoms. The number of aryl methyl sites for hydroxylation is 1. The zero-order valence-electron chi connectivity index (χ0n) is 18.1. The number of benzene rings is 2. The summed E-state index contributed by atoms with van der Waals surface area (Å²) in [5, 5.41) is 19.8. The second-order valence-corrected chi connectivity index (χ2v) is 8.38. The number of aliphatic hydroxyl groups excluding tert-OH is 2. The van der Waals surface area contributed by atoms with E-state index < -0.39 is 6.10 Å². The Hall–Kier alpha value is -1.79. The lowest BCUT2D eigenvalue weighted by Gasteiger charge is -2.27. The van der Waals surface area contributed by atoms with Gasteiger partial charge in [0.15, 0.2) is 0 Å². The van der Waals surface area contributed by atoms with E-state index in [4.69, 9.17) is 4.74 Å². The topological polar surface area (TPSA) is 52.9 Å². The summed E-state index contributed by atoms with van der Waals surface area (Å²) in [5.41, 5.74) is 3.81. The van der Waals surface area contributed by atoms with Gasteiger partial charge in [-0.15, -0.1) is 0 Å². The number of aliphatic hydroxyl groups is 2. The van der Waals surface area contributed by atoms with Crippen LogP contribution in [0.2, 0.25) is 0 Å². The first kappa shape index (κ1) is 22.9. The number of ether oxygens (including phenoxy) is 1. The molecule has 1 aliphatic rings. The van der Waals surface area contributed by atoms with E-state index in [2.05, 4.69) is 4.90 Å². The fourth-order valence-corrected chi connectivity index (χ4v) is 4.35. The number of rotatable bonds is 10. The predicted molar refractivity (Wildman–Crippen MR) is 117 cm³/mol. The quantitative estimate of drug-likeness (QED) is 0.620. The van der Waals surface area contributed by atoms with Crippen molar-refractivity contribution in [3.05, 3.63) is 70.5 Å². The fourth-order valence-electron chi connectivity index (χ4n) is 4.35. The fraction of sp³-hybridized carbons (Fsp3) is 0.520. The Morgan fingerprint density at radius 1 is 1.23 bits per heavy atom. The van der Waals surface area contributed by atoms with Crippen molar-refractivity contribution in [2.24, 2.45) is 0 Å². The molecule has 2 N–H and O–H groups in total. The van der Waals surface area contributed by atoms with Crippen molar-refractivity contribution in [2.45, 2.75) is 57.8 Å². The van der Waals surface area contributed by atoms with Crippen molar-refractivity contribution in [2.75, 3.05) is 26.3 Å². The van der Waals surface area contributed by atoms with E-state index in [-0.39, 0.29) is 25.1 Å². The zero-order chi connectivity index (χ0) is 21.5. The van der Waals surface area contributed by atoms with Crippen LogP contribution in [-0.2, 0) is 17.6 Å². The first-order chi connectivity index (χ1) is 14.5. The van der Waals surface area contributed by atoms with E-state index in [1.807, 2.05) is 43.3 Å². The number of nitrogens with zero attached hydrogens (tertiary/aromatic N) is 1. The molecule has 2 aromatic carbocycles. The van der Waals surface area contributed by atoms with Gasteiger partial charge in [-0.1, -0.05) is 36.4 Å². The van der Waals surface area contributed by atoms with Crippen molar-refractivity contribution in [3.8, 4) is 0 Å². The average Bonchev–Trinajstić information content (AvgIpc) is 3.16. The van der Waals surface area contributed by atoms with Gasteiger partial charge in [-0.25, -0.2) is 4.39 Å². The standard InChI is InChI=1S/C25H34FNO3/c1-18-9-10-20(15-25(18)26)14-22-7-5-12-27(22)16-23(29)17-30-19(2)24-8-4-3-6-21(24)11-13-28/h3-4,6,8-10,15,19,22-23,28-29H,5,7,11-14,16-17H2,1-2H3/t19-,22+,23?/m1/s1. The highest BCUT2D eigenvalue weighted by molar-refractivity contribution is 5.29. The Labute approximate surface area is 179 Å². The molecule has 0 spiro atoms. The Kier molecular flexibility index (Phi) is 8.40. The van der Waals surface area contributed by atoms with Crippen LogP contribution in [0.5, 0.6) is 0 Å². The summed E-state index contributed by atoms with van der Waals surface area (Å²) in [7, 11) is 0. The lowest BCUT2D eigenvalue weighted by Crippen LogP contribution is -2.39. The lowest BCUT2D eigenvalue weighted by atomic mass is 10.0. The molecule has 30 heavy (non-hydrogen) atoms. The second-order valence-electron chi connectivity index (χ2n) is 8.38. The van der Waals surface area contributed by atoms with Crippen molar-refractivity contribution >= 4 is 0 Å². The smallest absolute Gasteiger partial charge is 0.126 e. The third kappa shape index (κ3) is 6.11. The van der Waals surface area contributed by atoms with Crippen LogP contribution in [-0.4, -0.2) is 53.6 Å². The molecule has 1 aliphatic heterocycles. The van der Waals surface area contributed by atoms with Crippen LogP contribution < -0.4 is 0 Å². The van der Waals surface area contributed by atoms with Gasteiger partial charge in [0.05, 0.1) is 18.8 Å². The molecule has 3 rings (SSSR count). The van der Waals surface area contributed by atoms with Gasteiger partial charge >= 0.3 is 0 Å². The van der Waals surface area contributed by atoms with Crippen LogP contribution in [0, 0.1) is 12.7 Å². The zero-order valence-corrected chi connectivity index (χ0v) is 18.1. The Bertz CT molecular complexity index is 813. The van der Waals surface area contributed by atoms with E-state index in [9.17, 15) is 14.6 Å². The molecular weight excluding hydrogens is 381 g/mol. The maximum atomic E-state index is 13.9. The highest BCUT2D eigenvalue weighted by Gasteiger charge is 2.27. The Morgan fingerprint density at radius 2 is 2.03 bits per heavy atom. The van der Waals surface area contributed by atoms with Gasteiger partial charge < -0.3 is 14.9 Å². The van der Waals surface area contributed by atoms with Crippen LogP contribution in [0.4, 0.5) is 4.39 Å². The minimum absolute atomic E-state index is 0.105. The molecule has 1 fully saturated rings. The summed E-state index contributed by atoms with van der Waals surface area (Å²) in [6.07, 6.45) is 2.84. The molecule has 0 saturated carbocycles. The predicted octanol–water partition coefficient (Wildman–Crippen LogP) is 3.81. The summed E-state index contributed by atoms with van der Waals surface area (Å²) >= 11 is 0. The number of hydrogen-bond acceptors (Lipinski definition) is 4. The van der Waals surface area contributed by atoms with Gasteiger partial charge in [-0.05, 0) is 74.4 Å². The van der Waals surface area contributed by atoms with Gasteiger partial charge in [-0.2, -0.15) is 0 Å². The van der Waals surface area contributed by atoms with Crippen LogP contribution in [0.15, 0.2) is 42.5 Å². The van der Waals surface area contributed by atoms with E-state index in [1.54, 1.807) is 13.0 Å². The molecule has 1 saturated heterocycles. The van der Waals surface area contributed by atoms with Crippen molar-refractivity contribution in [1.82, 2.24) is 4.90 Å². The van der Waals surface area contributed by atoms with Crippen LogP contribution in [0.3, 0.4) is 0 Å². The molecule has 0 radical (unpaired) electrons. The molecule has 2 aromatic rings. The van der Waals surface area contributed by atoms with Crippen LogP contribution in [0.25, 0.3) is 0 Å². The summed E-state index contributed by atoms with van der Waals surface area (Å²) in [4.78, 5) is 2.30. The maximum absolute atomic E-state index is 13.9. The third-order valence-electron chi connectivity index (χ3n) is 6.06. The average molecular weight is 416 g/mol. The Morgan fingerprint density at radius 3 is 2.80 bits per heavy atom. The third-order valence-corrected chi connectivity index (χ3v) is 6.06. The summed E-state index contributed by atoms with van der Waals surface area (Å²) < 4.78 is 19.8. The molecule has 3 atom stereocenters. The minimum atomic E-state index is -0.576. The van der Waals surface area contributed by atoms with Gasteiger partial charge in [0.25, 0.3) is 0 Å². The number of hydrogen-bond donors (Lipinski definition) is 2. The minimum Gasteiger partial charge on any atom is -0.396 e. The largest absolute Gasteiger partial charge is 0.396 e. The molecule has 0 aromatic heterocycles. The van der Waals surface area contributed by atoms with Gasteiger partial charge in [0.2, 0.25) is 0 Å².